The van der Waals surface area contributed by atoms with Gasteiger partial charge in [0.2, 0.25) is 0 Å². The minimum atomic E-state index is 0.0602. The van der Waals surface area contributed by atoms with E-state index in [-0.39, 0.29) is 5.91 Å². The maximum absolute atomic E-state index is 12.8. The summed E-state index contributed by atoms with van der Waals surface area (Å²) >= 11 is 0. The van der Waals surface area contributed by atoms with Crippen molar-refractivity contribution in [2.75, 3.05) is 27.2 Å². The lowest BCUT2D eigenvalue weighted by atomic mass is 9.98. The third kappa shape index (κ3) is 3.28. The molecular formula is C15H23N3O2. The van der Waals surface area contributed by atoms with Gasteiger partial charge in [-0.1, -0.05) is 0 Å². The van der Waals surface area contributed by atoms with E-state index in [1.54, 1.807) is 25.6 Å². The molecule has 0 radical (unpaired) electrons. The molecule has 5 nitrogen and oxygen atoms in total. The molecule has 1 aromatic rings. The number of hydrogen-bond acceptors (Lipinski definition) is 4. The molecule has 2 heterocycles. The van der Waals surface area contributed by atoms with Crippen LogP contribution in [0.2, 0.25) is 0 Å². The molecular weight excluding hydrogens is 254 g/mol. The van der Waals surface area contributed by atoms with Crippen molar-refractivity contribution in [1.82, 2.24) is 15.2 Å². The Labute approximate surface area is 120 Å². The van der Waals surface area contributed by atoms with Gasteiger partial charge < -0.3 is 15.0 Å². The first kappa shape index (κ1) is 14.8. The monoisotopic (exact) mass is 277 g/mol. The number of ether oxygens (including phenoxy) is 1. The highest BCUT2D eigenvalue weighted by Gasteiger charge is 2.28. The van der Waals surface area contributed by atoms with E-state index in [1.807, 2.05) is 11.9 Å². The van der Waals surface area contributed by atoms with Gasteiger partial charge in [0.05, 0.1) is 18.9 Å². The summed E-state index contributed by atoms with van der Waals surface area (Å²) in [5.41, 5.74) is 0.610. The first-order chi connectivity index (χ1) is 9.77. The van der Waals surface area contributed by atoms with Crippen molar-refractivity contribution in [1.29, 1.82) is 0 Å². The predicted octanol–water partition coefficient (Wildman–Crippen LogP) is 1.69. The Balaban J connectivity index is 2.16. The second-order valence-corrected chi connectivity index (χ2v) is 5.12. The Morgan fingerprint density at radius 3 is 3.15 bits per heavy atom. The van der Waals surface area contributed by atoms with Crippen LogP contribution in [0.15, 0.2) is 18.5 Å². The Hall–Kier alpha value is -1.62. The fraction of sp³-hybridized carbons (Fsp3) is 0.600. The van der Waals surface area contributed by atoms with Crippen LogP contribution in [0, 0.1) is 0 Å². The summed E-state index contributed by atoms with van der Waals surface area (Å²) < 4.78 is 5.25. The topological polar surface area (TPSA) is 54.5 Å². The van der Waals surface area contributed by atoms with Crippen LogP contribution in [-0.4, -0.2) is 49.1 Å². The SMILES string of the molecule is CNCCC1CCCCN1C(=O)c1ccncc1OC. The number of methoxy groups -OCH3 is 1. The fourth-order valence-corrected chi connectivity index (χ4v) is 2.75. The third-order valence-corrected chi connectivity index (χ3v) is 3.85. The number of carbonyl (C=O) groups excluding carboxylic acids is 1. The summed E-state index contributed by atoms with van der Waals surface area (Å²) in [6.45, 7) is 1.76. The predicted molar refractivity (Wildman–Crippen MR) is 78.0 cm³/mol. The summed E-state index contributed by atoms with van der Waals surface area (Å²) in [5, 5.41) is 3.16. The molecule has 1 amide bonds. The maximum Gasteiger partial charge on any atom is 0.257 e. The van der Waals surface area contributed by atoms with E-state index in [2.05, 4.69) is 10.3 Å². The molecule has 1 unspecified atom stereocenters. The highest BCUT2D eigenvalue weighted by Crippen LogP contribution is 2.25. The number of aromatic nitrogens is 1. The van der Waals surface area contributed by atoms with Crippen LogP contribution in [0.5, 0.6) is 5.75 Å². The smallest absolute Gasteiger partial charge is 0.257 e. The van der Waals surface area contributed by atoms with Gasteiger partial charge in [-0.2, -0.15) is 0 Å². The number of rotatable bonds is 5. The molecule has 110 valence electrons. The lowest BCUT2D eigenvalue weighted by Crippen LogP contribution is -2.44. The highest BCUT2D eigenvalue weighted by molar-refractivity contribution is 5.97. The van der Waals surface area contributed by atoms with Gasteiger partial charge in [-0.3, -0.25) is 9.78 Å². The molecule has 2 rings (SSSR count). The quantitative estimate of drug-likeness (QED) is 0.890. The standard InChI is InChI=1S/C15H23N3O2/c1-16-8-6-12-5-3-4-10-18(12)15(19)13-7-9-17-11-14(13)20-2/h7,9,11-12,16H,3-6,8,10H2,1-2H3. The van der Waals surface area contributed by atoms with Gasteiger partial charge in [0.25, 0.3) is 5.91 Å². The van der Waals surface area contributed by atoms with E-state index >= 15 is 0 Å². The fourth-order valence-electron chi connectivity index (χ4n) is 2.75. The number of nitrogens with one attached hydrogen (secondary N) is 1. The summed E-state index contributed by atoms with van der Waals surface area (Å²) in [6, 6.07) is 2.06. The Morgan fingerprint density at radius 1 is 1.55 bits per heavy atom. The molecule has 0 bridgehead atoms. The van der Waals surface area contributed by atoms with E-state index < -0.39 is 0 Å². The van der Waals surface area contributed by atoms with Gasteiger partial charge in [-0.05, 0) is 45.3 Å². The highest BCUT2D eigenvalue weighted by atomic mass is 16.5. The minimum Gasteiger partial charge on any atom is -0.494 e. The Morgan fingerprint density at radius 2 is 2.40 bits per heavy atom. The number of piperidine rings is 1. The second-order valence-electron chi connectivity index (χ2n) is 5.12. The molecule has 0 aromatic carbocycles. The van der Waals surface area contributed by atoms with Crippen LogP contribution in [0.3, 0.4) is 0 Å². The molecule has 20 heavy (non-hydrogen) atoms. The van der Waals surface area contributed by atoms with E-state index in [0.29, 0.717) is 17.4 Å². The number of nitrogens with zero attached hydrogens (tertiary/aromatic N) is 2. The van der Waals surface area contributed by atoms with Crippen molar-refractivity contribution in [3.8, 4) is 5.75 Å². The number of carbonyl (C=O) groups is 1. The van der Waals surface area contributed by atoms with Crippen molar-refractivity contribution in [2.45, 2.75) is 31.7 Å². The zero-order valence-electron chi connectivity index (χ0n) is 12.3. The molecule has 1 aromatic heterocycles. The first-order valence-electron chi connectivity index (χ1n) is 7.21. The average molecular weight is 277 g/mol. The molecule has 0 spiro atoms. The van der Waals surface area contributed by atoms with Crippen LogP contribution in [-0.2, 0) is 0 Å². The molecule has 1 saturated heterocycles. The average Bonchev–Trinajstić information content (AvgIpc) is 2.52. The van der Waals surface area contributed by atoms with Crippen molar-refractivity contribution in [3.63, 3.8) is 0 Å². The van der Waals surface area contributed by atoms with E-state index in [9.17, 15) is 4.79 Å². The Bertz CT molecular complexity index is 450. The third-order valence-electron chi connectivity index (χ3n) is 3.85. The normalized spacial score (nSPS) is 18.9. The molecule has 5 heteroatoms. The zero-order chi connectivity index (χ0) is 14.4. The van der Waals surface area contributed by atoms with Crippen molar-refractivity contribution in [2.24, 2.45) is 0 Å². The lowest BCUT2D eigenvalue weighted by Gasteiger charge is -2.36. The van der Waals surface area contributed by atoms with Gasteiger partial charge in [-0.15, -0.1) is 0 Å². The van der Waals surface area contributed by atoms with Crippen LogP contribution in [0.4, 0.5) is 0 Å². The van der Waals surface area contributed by atoms with Crippen molar-refractivity contribution in [3.05, 3.63) is 24.0 Å². The molecule has 0 saturated carbocycles. The van der Waals surface area contributed by atoms with Crippen LogP contribution in [0.25, 0.3) is 0 Å². The van der Waals surface area contributed by atoms with Gasteiger partial charge in [0.1, 0.15) is 5.75 Å². The number of amides is 1. The molecule has 1 fully saturated rings. The summed E-state index contributed by atoms with van der Waals surface area (Å²) in [6.07, 6.45) is 7.60. The van der Waals surface area contributed by atoms with Gasteiger partial charge in [-0.25, -0.2) is 0 Å². The lowest BCUT2D eigenvalue weighted by molar-refractivity contribution is 0.0599. The van der Waals surface area contributed by atoms with Gasteiger partial charge in [0, 0.05) is 18.8 Å². The zero-order valence-corrected chi connectivity index (χ0v) is 12.3. The van der Waals surface area contributed by atoms with Gasteiger partial charge in [0.15, 0.2) is 0 Å². The summed E-state index contributed by atoms with van der Waals surface area (Å²) in [7, 11) is 3.52. The molecule has 1 aliphatic rings. The minimum absolute atomic E-state index is 0.0602. The number of likely N-dealkylation sites (tertiary alicyclic amines) is 1. The van der Waals surface area contributed by atoms with E-state index in [0.717, 1.165) is 32.4 Å². The van der Waals surface area contributed by atoms with Crippen molar-refractivity contribution >= 4 is 5.91 Å². The van der Waals surface area contributed by atoms with Crippen molar-refractivity contribution < 1.29 is 9.53 Å². The van der Waals surface area contributed by atoms with Gasteiger partial charge >= 0.3 is 0 Å². The summed E-state index contributed by atoms with van der Waals surface area (Å²) in [4.78, 5) is 18.8. The molecule has 1 atom stereocenters. The van der Waals surface area contributed by atoms with E-state index in [1.165, 1.54) is 6.42 Å². The molecule has 0 aliphatic carbocycles. The van der Waals surface area contributed by atoms with Crippen LogP contribution >= 0.6 is 0 Å². The second kappa shape index (κ2) is 7.24. The number of pyridine rings is 1. The van der Waals surface area contributed by atoms with Crippen LogP contribution in [0.1, 0.15) is 36.0 Å². The largest absolute Gasteiger partial charge is 0.494 e. The molecule has 1 aliphatic heterocycles. The maximum atomic E-state index is 12.8. The molecule has 1 N–H and O–H groups in total. The Kier molecular flexibility index (Phi) is 5.35. The summed E-state index contributed by atoms with van der Waals surface area (Å²) in [5.74, 6) is 0.612. The number of hydrogen-bond donors (Lipinski definition) is 1. The first-order valence-corrected chi connectivity index (χ1v) is 7.21. The van der Waals surface area contributed by atoms with Crippen LogP contribution < -0.4 is 10.1 Å². The van der Waals surface area contributed by atoms with E-state index in [4.69, 9.17) is 4.74 Å².